The fraction of sp³-hybridized carbons (Fsp3) is 0.458. The van der Waals surface area contributed by atoms with E-state index in [2.05, 4.69) is 53.1 Å². The Labute approximate surface area is 168 Å². The lowest BCUT2D eigenvalue weighted by Gasteiger charge is -2.49. The highest BCUT2D eigenvalue weighted by molar-refractivity contribution is 5.77. The average Bonchev–Trinajstić information content (AvgIpc) is 2.73. The summed E-state index contributed by atoms with van der Waals surface area (Å²) in [7, 11) is 0. The topological polar surface area (TPSA) is 46.6 Å². The van der Waals surface area contributed by atoms with Crippen LogP contribution in [0.2, 0.25) is 0 Å². The van der Waals surface area contributed by atoms with E-state index in [9.17, 15) is 9.90 Å². The summed E-state index contributed by atoms with van der Waals surface area (Å²) >= 11 is 0. The lowest BCUT2D eigenvalue weighted by molar-refractivity contribution is -0.322. The fourth-order valence-corrected chi connectivity index (χ4v) is 4.17. The Morgan fingerprint density at radius 2 is 1.57 bits per heavy atom. The molecule has 0 aromatic heterocycles. The van der Waals surface area contributed by atoms with Crippen LogP contribution in [0.15, 0.2) is 60.7 Å². The van der Waals surface area contributed by atoms with Crippen LogP contribution in [0, 0.1) is 0 Å². The van der Waals surface area contributed by atoms with Gasteiger partial charge in [-0.05, 0) is 36.9 Å². The van der Waals surface area contributed by atoms with Gasteiger partial charge < -0.3 is 9.90 Å². The molecule has 1 aliphatic rings. The predicted molar refractivity (Wildman–Crippen MR) is 110 cm³/mol. The molecule has 4 nitrogen and oxygen atoms in total. The van der Waals surface area contributed by atoms with E-state index in [1.54, 1.807) is 0 Å². The van der Waals surface area contributed by atoms with Gasteiger partial charge in [-0.25, -0.2) is 0 Å². The molecule has 2 aromatic rings. The first kappa shape index (κ1) is 20.6. The molecule has 0 amide bonds. The van der Waals surface area contributed by atoms with Crippen LogP contribution in [-0.4, -0.2) is 40.9 Å². The average molecular weight is 380 g/mol. The van der Waals surface area contributed by atoms with Crippen LogP contribution in [0.4, 0.5) is 0 Å². The van der Waals surface area contributed by atoms with Gasteiger partial charge in [-0.15, -0.1) is 0 Å². The molecule has 0 radical (unpaired) electrons. The summed E-state index contributed by atoms with van der Waals surface area (Å²) in [4.78, 5) is 16.9. The van der Waals surface area contributed by atoms with Gasteiger partial charge in [0.15, 0.2) is 0 Å². The van der Waals surface area contributed by atoms with Crippen molar-refractivity contribution in [3.63, 3.8) is 0 Å². The van der Waals surface area contributed by atoms with Crippen LogP contribution in [-0.2, 0) is 17.9 Å². The van der Waals surface area contributed by atoms with Crippen molar-refractivity contribution in [2.24, 2.45) is 0 Å². The second-order valence-corrected chi connectivity index (χ2v) is 7.84. The molecule has 1 aliphatic heterocycles. The molecule has 0 N–H and O–H groups in total. The third kappa shape index (κ3) is 5.00. The maximum Gasteiger partial charge on any atom is 0.0633 e. The summed E-state index contributed by atoms with van der Waals surface area (Å²) < 4.78 is 0. The smallest absolute Gasteiger partial charge is 0.0633 e. The number of rotatable bonds is 9. The molecule has 3 rings (SSSR count). The van der Waals surface area contributed by atoms with Crippen molar-refractivity contribution in [1.82, 2.24) is 9.80 Å². The zero-order valence-electron chi connectivity index (χ0n) is 16.8. The van der Waals surface area contributed by atoms with Crippen molar-refractivity contribution in [3.05, 3.63) is 71.8 Å². The van der Waals surface area contributed by atoms with E-state index in [1.165, 1.54) is 5.56 Å². The van der Waals surface area contributed by atoms with Crippen molar-refractivity contribution in [3.8, 4) is 0 Å². The molecule has 0 aliphatic carbocycles. The first-order valence-corrected chi connectivity index (χ1v) is 10.4. The minimum absolute atomic E-state index is 0.610. The number of carbonyl (C=O) groups excluding carboxylic acids is 1. The predicted octanol–water partition coefficient (Wildman–Crippen LogP) is 3.07. The Balaban J connectivity index is 1.73. The molecule has 150 valence electrons. The van der Waals surface area contributed by atoms with Crippen molar-refractivity contribution < 1.29 is 9.90 Å². The standard InChI is InChI=1S/C24H32N2O2/c1-2-3-16-26(20-22-12-8-5-9-13-22)24(23(27)28)14-17-25(18-15-24)19-21-10-6-4-7-11-21/h4-13H,2-3,14-20H2,1H3,(H,27,28)/p-1. The molecule has 0 spiro atoms. The first-order valence-electron chi connectivity index (χ1n) is 10.4. The molecule has 4 heteroatoms. The Morgan fingerprint density at radius 1 is 1.00 bits per heavy atom. The number of likely N-dealkylation sites (tertiary alicyclic amines) is 1. The number of unbranched alkanes of at least 4 members (excludes halogenated alkanes) is 1. The van der Waals surface area contributed by atoms with Crippen LogP contribution >= 0.6 is 0 Å². The van der Waals surface area contributed by atoms with Gasteiger partial charge >= 0.3 is 0 Å². The molecule has 1 saturated heterocycles. The Kier molecular flexibility index (Phi) is 7.24. The maximum atomic E-state index is 12.4. The highest BCUT2D eigenvalue weighted by Gasteiger charge is 2.41. The van der Waals surface area contributed by atoms with E-state index in [-0.39, 0.29) is 0 Å². The molecule has 0 bridgehead atoms. The SMILES string of the molecule is CCCCN(Cc1ccccc1)C1(C(=O)[O-])CCN(Cc2ccccc2)CC1. The number of piperidine rings is 1. The van der Waals surface area contributed by atoms with Gasteiger partial charge in [-0.3, -0.25) is 9.80 Å². The quantitative estimate of drug-likeness (QED) is 0.672. The normalized spacial score (nSPS) is 16.9. The van der Waals surface area contributed by atoms with Gasteiger partial charge in [-0.2, -0.15) is 0 Å². The number of nitrogens with zero attached hydrogens (tertiary/aromatic N) is 2. The van der Waals surface area contributed by atoms with E-state index in [0.29, 0.717) is 19.4 Å². The number of hydrogen-bond donors (Lipinski definition) is 0. The number of carbonyl (C=O) groups is 1. The fourth-order valence-electron chi connectivity index (χ4n) is 4.17. The minimum Gasteiger partial charge on any atom is -0.548 e. The summed E-state index contributed by atoms with van der Waals surface area (Å²) in [5.74, 6) is -0.918. The molecule has 1 fully saturated rings. The highest BCUT2D eigenvalue weighted by atomic mass is 16.4. The monoisotopic (exact) mass is 379 g/mol. The molecule has 0 unspecified atom stereocenters. The molecule has 28 heavy (non-hydrogen) atoms. The van der Waals surface area contributed by atoms with E-state index in [0.717, 1.165) is 44.6 Å². The molecular weight excluding hydrogens is 348 g/mol. The van der Waals surface area contributed by atoms with Gasteiger partial charge in [-0.1, -0.05) is 74.0 Å². The molecule has 2 aromatic carbocycles. The van der Waals surface area contributed by atoms with Crippen LogP contribution in [0.25, 0.3) is 0 Å². The Morgan fingerprint density at radius 3 is 2.11 bits per heavy atom. The summed E-state index contributed by atoms with van der Waals surface area (Å²) in [6.07, 6.45) is 3.27. The van der Waals surface area contributed by atoms with Gasteiger partial charge in [0.25, 0.3) is 0 Å². The van der Waals surface area contributed by atoms with E-state index < -0.39 is 11.5 Å². The summed E-state index contributed by atoms with van der Waals surface area (Å²) in [6, 6.07) is 20.6. The van der Waals surface area contributed by atoms with Gasteiger partial charge in [0.1, 0.15) is 0 Å². The van der Waals surface area contributed by atoms with Gasteiger partial charge in [0, 0.05) is 26.2 Å². The lowest BCUT2D eigenvalue weighted by atomic mass is 9.84. The van der Waals surface area contributed by atoms with E-state index >= 15 is 0 Å². The van der Waals surface area contributed by atoms with Gasteiger partial charge in [0.05, 0.1) is 11.5 Å². The summed E-state index contributed by atoms with van der Waals surface area (Å²) in [5, 5.41) is 12.4. The second kappa shape index (κ2) is 9.85. The largest absolute Gasteiger partial charge is 0.548 e. The minimum atomic E-state index is -0.918. The third-order valence-corrected chi connectivity index (χ3v) is 5.92. The van der Waals surface area contributed by atoms with Crippen molar-refractivity contribution in [2.45, 2.75) is 51.2 Å². The first-order chi connectivity index (χ1) is 13.6. The molecule has 1 heterocycles. The highest BCUT2D eigenvalue weighted by Crippen LogP contribution is 2.31. The summed E-state index contributed by atoms with van der Waals surface area (Å²) in [6.45, 7) is 6.03. The number of hydrogen-bond acceptors (Lipinski definition) is 4. The molecule has 0 saturated carbocycles. The zero-order valence-corrected chi connectivity index (χ0v) is 16.8. The van der Waals surface area contributed by atoms with Crippen molar-refractivity contribution >= 4 is 5.97 Å². The number of aliphatic carboxylic acids is 1. The van der Waals surface area contributed by atoms with Crippen LogP contribution in [0.1, 0.15) is 43.7 Å². The lowest BCUT2D eigenvalue weighted by Crippen LogP contribution is -2.64. The molecule has 0 atom stereocenters. The number of carboxylic acid groups (broad SMARTS) is 1. The van der Waals surface area contributed by atoms with Gasteiger partial charge in [0.2, 0.25) is 0 Å². The zero-order chi connectivity index (χ0) is 19.8. The van der Waals surface area contributed by atoms with E-state index in [4.69, 9.17) is 0 Å². The Hall–Kier alpha value is -2.17. The van der Waals surface area contributed by atoms with Crippen molar-refractivity contribution in [2.75, 3.05) is 19.6 Å². The third-order valence-electron chi connectivity index (χ3n) is 5.92. The van der Waals surface area contributed by atoms with Crippen LogP contribution < -0.4 is 5.11 Å². The molecular formula is C24H31N2O2-. The van der Waals surface area contributed by atoms with Crippen molar-refractivity contribution in [1.29, 1.82) is 0 Å². The Bertz CT molecular complexity index is 725. The van der Waals surface area contributed by atoms with Crippen LogP contribution in [0.3, 0.4) is 0 Å². The summed E-state index contributed by atoms with van der Waals surface area (Å²) in [5.41, 5.74) is 1.56. The van der Waals surface area contributed by atoms with Crippen LogP contribution in [0.5, 0.6) is 0 Å². The number of benzene rings is 2. The number of carboxylic acids is 1. The van der Waals surface area contributed by atoms with E-state index in [1.807, 2.05) is 24.3 Å². The maximum absolute atomic E-state index is 12.4. The second-order valence-electron chi connectivity index (χ2n) is 7.84.